The maximum Gasteiger partial charge on any atom is 0.432 e. The van der Waals surface area contributed by atoms with Crippen LogP contribution in [0.1, 0.15) is 0 Å². The molecule has 5 heteroatoms. The first kappa shape index (κ1) is 6.95. The van der Waals surface area contributed by atoms with Crippen molar-refractivity contribution in [2.24, 2.45) is 4.99 Å². The van der Waals surface area contributed by atoms with Crippen LogP contribution in [0.15, 0.2) is 4.99 Å². The van der Waals surface area contributed by atoms with Crippen LogP contribution >= 0.6 is 23.8 Å². The molecule has 0 aromatic carbocycles. The molecule has 0 saturated heterocycles. The molecule has 0 amide bonds. The Bertz CT molecular complexity index is 103. The van der Waals surface area contributed by atoms with Crippen molar-refractivity contribution in [3.63, 3.8) is 0 Å². The van der Waals surface area contributed by atoms with Gasteiger partial charge in [-0.3, -0.25) is 0 Å². The summed E-state index contributed by atoms with van der Waals surface area (Å²) in [7, 11) is 0. The van der Waals surface area contributed by atoms with E-state index in [1.165, 1.54) is 5.16 Å². The SMILES string of the molecule is FC(F)(Cl)N=C=S. The minimum Gasteiger partial charge on any atom is -0.164 e. The van der Waals surface area contributed by atoms with Gasteiger partial charge in [-0.15, -0.1) is 4.99 Å². The minimum absolute atomic E-state index is 1.43. The number of isothiocyanates is 1. The highest BCUT2D eigenvalue weighted by Gasteiger charge is 2.21. The van der Waals surface area contributed by atoms with E-state index in [9.17, 15) is 8.78 Å². The lowest BCUT2D eigenvalue weighted by molar-refractivity contribution is 0.109. The maximum absolute atomic E-state index is 11.2. The Kier molecular flexibility index (Phi) is 2.29. The van der Waals surface area contributed by atoms with E-state index in [0.29, 0.717) is 0 Å². The Morgan fingerprint density at radius 2 is 2.14 bits per heavy atom. The Labute approximate surface area is 49.0 Å². The number of nitrogens with zero attached hydrogens (tertiary/aromatic N) is 1. The van der Waals surface area contributed by atoms with Crippen LogP contribution in [0.2, 0.25) is 0 Å². The number of hydrogen-bond donors (Lipinski definition) is 0. The summed E-state index contributed by atoms with van der Waals surface area (Å²) >= 11 is 8.02. The second kappa shape index (κ2) is 2.31. The fourth-order valence-corrected chi connectivity index (χ4v) is 0.259. The molecule has 0 radical (unpaired) electrons. The molecule has 0 saturated carbocycles. The number of alkyl halides is 3. The largest absolute Gasteiger partial charge is 0.432 e. The highest BCUT2D eigenvalue weighted by atomic mass is 35.5. The average Bonchev–Trinajstić information content (AvgIpc) is 1.30. The summed E-state index contributed by atoms with van der Waals surface area (Å²) in [5.41, 5.74) is -3.57. The van der Waals surface area contributed by atoms with Crippen LogP contribution in [0.3, 0.4) is 0 Å². The molecule has 0 spiro atoms. The summed E-state index contributed by atoms with van der Waals surface area (Å²) in [6, 6.07) is 0. The fraction of sp³-hybridized carbons (Fsp3) is 0.500. The first-order valence-corrected chi connectivity index (χ1v) is 2.00. The Hall–Kier alpha value is -0.0500. The molecular formula is C2ClF2NS. The van der Waals surface area contributed by atoms with Gasteiger partial charge in [-0.1, -0.05) is 0 Å². The molecule has 0 fully saturated rings. The Morgan fingerprint density at radius 3 is 2.14 bits per heavy atom. The number of aliphatic imine (C=N–C) groups is 1. The van der Waals surface area contributed by atoms with Crippen molar-refractivity contribution in [1.29, 1.82) is 0 Å². The second-order valence-corrected chi connectivity index (χ2v) is 1.31. The van der Waals surface area contributed by atoms with Crippen molar-refractivity contribution >= 4 is 29.0 Å². The molecule has 0 N–H and O–H groups in total. The molecule has 0 aromatic rings. The van der Waals surface area contributed by atoms with Gasteiger partial charge in [-0.25, -0.2) is 0 Å². The third-order valence-corrected chi connectivity index (χ3v) is 0.348. The highest BCUT2D eigenvalue weighted by Crippen LogP contribution is 2.18. The van der Waals surface area contributed by atoms with Crippen molar-refractivity contribution in [1.82, 2.24) is 0 Å². The maximum atomic E-state index is 11.2. The van der Waals surface area contributed by atoms with E-state index in [-0.39, 0.29) is 0 Å². The van der Waals surface area contributed by atoms with Crippen LogP contribution < -0.4 is 0 Å². The molecule has 1 nitrogen and oxygen atoms in total. The molecule has 0 aromatic heterocycles. The minimum atomic E-state index is -3.57. The van der Waals surface area contributed by atoms with E-state index in [2.05, 4.69) is 28.8 Å². The van der Waals surface area contributed by atoms with Crippen molar-refractivity contribution < 1.29 is 8.78 Å². The van der Waals surface area contributed by atoms with Crippen molar-refractivity contribution in [2.45, 2.75) is 5.51 Å². The van der Waals surface area contributed by atoms with Gasteiger partial charge in [-0.2, -0.15) is 8.78 Å². The lowest BCUT2D eigenvalue weighted by Crippen LogP contribution is -1.97. The van der Waals surface area contributed by atoms with E-state index >= 15 is 0 Å². The predicted molar refractivity (Wildman–Crippen MR) is 25.8 cm³/mol. The second-order valence-electron chi connectivity index (χ2n) is 0.671. The molecule has 0 aliphatic heterocycles. The van der Waals surface area contributed by atoms with Crippen LogP contribution in [0.4, 0.5) is 8.78 Å². The van der Waals surface area contributed by atoms with Crippen LogP contribution in [0.5, 0.6) is 0 Å². The van der Waals surface area contributed by atoms with Gasteiger partial charge in [0.25, 0.3) is 0 Å². The van der Waals surface area contributed by atoms with E-state index < -0.39 is 5.51 Å². The molecule has 0 atom stereocenters. The van der Waals surface area contributed by atoms with Crippen molar-refractivity contribution in [3.05, 3.63) is 0 Å². The number of rotatable bonds is 1. The van der Waals surface area contributed by atoms with Crippen LogP contribution in [0, 0.1) is 0 Å². The average molecular weight is 144 g/mol. The first-order chi connectivity index (χ1) is 3.06. The van der Waals surface area contributed by atoms with E-state index in [1.807, 2.05) is 0 Å². The Balaban J connectivity index is 3.80. The quantitative estimate of drug-likeness (QED) is 0.236. The van der Waals surface area contributed by atoms with Crippen molar-refractivity contribution in [2.75, 3.05) is 0 Å². The van der Waals surface area contributed by atoms with Gasteiger partial charge in [0.15, 0.2) is 0 Å². The lowest BCUT2D eigenvalue weighted by atomic mass is 11.2. The molecule has 0 rings (SSSR count). The molecular weight excluding hydrogens is 144 g/mol. The predicted octanol–water partition coefficient (Wildman–Crippen LogP) is 1.88. The summed E-state index contributed by atoms with van der Waals surface area (Å²) in [6.07, 6.45) is 0. The van der Waals surface area contributed by atoms with Gasteiger partial charge in [0.1, 0.15) is 0 Å². The molecule has 40 valence electrons. The van der Waals surface area contributed by atoms with Crippen LogP contribution in [0.25, 0.3) is 0 Å². The number of thiocarbonyl (C=S) groups is 1. The Morgan fingerprint density at radius 1 is 1.71 bits per heavy atom. The van der Waals surface area contributed by atoms with Gasteiger partial charge in [0.05, 0.1) is 5.16 Å². The zero-order valence-electron chi connectivity index (χ0n) is 2.99. The van der Waals surface area contributed by atoms with Crippen LogP contribution in [-0.4, -0.2) is 10.7 Å². The fourth-order valence-electron chi connectivity index (χ4n) is 0.0518. The smallest absolute Gasteiger partial charge is 0.164 e. The summed E-state index contributed by atoms with van der Waals surface area (Å²) in [4.78, 5) is 2.25. The number of halogens is 3. The van der Waals surface area contributed by atoms with Crippen LogP contribution in [-0.2, 0) is 0 Å². The monoisotopic (exact) mass is 143 g/mol. The van der Waals surface area contributed by atoms with Gasteiger partial charge < -0.3 is 0 Å². The molecule has 7 heavy (non-hydrogen) atoms. The standard InChI is InChI=1S/C2ClF2NS/c3-2(4,5)6-1-7. The first-order valence-electron chi connectivity index (χ1n) is 1.22. The molecule has 0 unspecified atom stereocenters. The van der Waals surface area contributed by atoms with Gasteiger partial charge in [0, 0.05) is 0 Å². The zero-order valence-corrected chi connectivity index (χ0v) is 4.56. The molecule has 0 aliphatic carbocycles. The molecule has 0 aliphatic rings. The van der Waals surface area contributed by atoms with Crippen molar-refractivity contribution in [3.8, 4) is 0 Å². The summed E-state index contributed by atoms with van der Waals surface area (Å²) < 4.78 is 22.4. The topological polar surface area (TPSA) is 12.4 Å². The third-order valence-electron chi connectivity index (χ3n) is 0.172. The van der Waals surface area contributed by atoms with E-state index in [0.717, 1.165) is 0 Å². The normalized spacial score (nSPS) is 10.1. The van der Waals surface area contributed by atoms with Gasteiger partial charge in [0.2, 0.25) is 0 Å². The van der Waals surface area contributed by atoms with Gasteiger partial charge in [-0.05, 0) is 23.8 Å². The summed E-state index contributed by atoms with van der Waals surface area (Å²) in [5, 5.41) is 1.43. The number of hydrogen-bond acceptors (Lipinski definition) is 2. The summed E-state index contributed by atoms with van der Waals surface area (Å²) in [5.74, 6) is 0. The van der Waals surface area contributed by atoms with E-state index in [1.54, 1.807) is 0 Å². The van der Waals surface area contributed by atoms with Gasteiger partial charge >= 0.3 is 5.51 Å². The third kappa shape index (κ3) is 5.95. The lowest BCUT2D eigenvalue weighted by Gasteiger charge is -1.91. The zero-order chi connectivity index (χ0) is 5.91. The molecule has 0 bridgehead atoms. The summed E-state index contributed by atoms with van der Waals surface area (Å²) in [6.45, 7) is 0. The highest BCUT2D eigenvalue weighted by molar-refractivity contribution is 7.78. The van der Waals surface area contributed by atoms with E-state index in [4.69, 9.17) is 0 Å². The molecule has 0 heterocycles.